The Kier molecular flexibility index (Phi) is 4.03. The smallest absolute Gasteiger partial charge is 0.336 e. The summed E-state index contributed by atoms with van der Waals surface area (Å²) in [4.78, 5) is 17.6. The molecule has 3 aromatic heterocycles. The molecule has 0 radical (unpaired) electrons. The molecule has 0 fully saturated rings. The molecule has 0 unspecified atom stereocenters. The number of hydrogen-bond donors (Lipinski definition) is 1. The average Bonchev–Trinajstić information content (AvgIpc) is 3.37. The SMILES string of the molecule is O=c1cc(CSc2n[nH]c(-c3cccs3)n2)c2c(ccc3ccccc32)o1. The molecule has 0 amide bonds. The molecule has 7 heteroatoms. The van der Waals surface area contributed by atoms with E-state index in [1.165, 1.54) is 11.8 Å². The van der Waals surface area contributed by atoms with Crippen LogP contribution in [0.1, 0.15) is 5.56 Å². The monoisotopic (exact) mass is 391 g/mol. The largest absolute Gasteiger partial charge is 0.423 e. The van der Waals surface area contributed by atoms with Crippen LogP contribution in [0.3, 0.4) is 0 Å². The summed E-state index contributed by atoms with van der Waals surface area (Å²) in [5, 5.41) is 13.1. The van der Waals surface area contributed by atoms with Crippen molar-refractivity contribution in [1.82, 2.24) is 15.2 Å². The minimum absolute atomic E-state index is 0.345. The first-order chi connectivity index (χ1) is 13.3. The van der Waals surface area contributed by atoms with Crippen LogP contribution in [-0.4, -0.2) is 15.2 Å². The number of benzene rings is 2. The van der Waals surface area contributed by atoms with E-state index in [9.17, 15) is 4.79 Å². The van der Waals surface area contributed by atoms with Gasteiger partial charge < -0.3 is 4.42 Å². The van der Waals surface area contributed by atoms with Crippen LogP contribution in [-0.2, 0) is 5.75 Å². The molecule has 0 saturated carbocycles. The van der Waals surface area contributed by atoms with E-state index in [2.05, 4.69) is 21.2 Å². The van der Waals surface area contributed by atoms with Gasteiger partial charge in [0.2, 0.25) is 5.16 Å². The van der Waals surface area contributed by atoms with Crippen molar-refractivity contribution < 1.29 is 4.42 Å². The highest BCUT2D eigenvalue weighted by molar-refractivity contribution is 7.98. The van der Waals surface area contributed by atoms with Crippen molar-refractivity contribution in [1.29, 1.82) is 0 Å². The van der Waals surface area contributed by atoms with E-state index < -0.39 is 0 Å². The van der Waals surface area contributed by atoms with Gasteiger partial charge in [0, 0.05) is 17.2 Å². The highest BCUT2D eigenvalue weighted by atomic mass is 32.2. The van der Waals surface area contributed by atoms with Gasteiger partial charge >= 0.3 is 5.63 Å². The second-order valence-electron chi connectivity index (χ2n) is 5.98. The zero-order chi connectivity index (χ0) is 18.2. The summed E-state index contributed by atoms with van der Waals surface area (Å²) < 4.78 is 5.41. The predicted octanol–water partition coefficient (Wildman–Crippen LogP) is 5.09. The number of aromatic amines is 1. The van der Waals surface area contributed by atoms with Crippen molar-refractivity contribution in [3.8, 4) is 10.7 Å². The van der Waals surface area contributed by atoms with E-state index in [1.54, 1.807) is 17.4 Å². The lowest BCUT2D eigenvalue weighted by Crippen LogP contribution is -2.00. The average molecular weight is 391 g/mol. The van der Waals surface area contributed by atoms with Gasteiger partial charge in [-0.15, -0.1) is 16.4 Å². The molecule has 0 saturated heterocycles. The number of nitrogens with zero attached hydrogens (tertiary/aromatic N) is 2. The van der Waals surface area contributed by atoms with E-state index in [0.717, 1.165) is 32.4 Å². The number of aromatic nitrogens is 3. The van der Waals surface area contributed by atoms with Gasteiger partial charge in [0.1, 0.15) is 5.58 Å². The van der Waals surface area contributed by atoms with E-state index in [1.807, 2.05) is 47.8 Å². The summed E-state index contributed by atoms with van der Waals surface area (Å²) in [6.07, 6.45) is 0. The lowest BCUT2D eigenvalue weighted by atomic mass is 10.0. The van der Waals surface area contributed by atoms with Gasteiger partial charge in [-0.2, -0.15) is 0 Å². The summed E-state index contributed by atoms with van der Waals surface area (Å²) in [6, 6.07) is 17.5. The molecule has 3 heterocycles. The minimum atomic E-state index is -0.345. The fourth-order valence-corrected chi connectivity index (χ4v) is 4.55. The first-order valence-corrected chi connectivity index (χ1v) is 10.2. The van der Waals surface area contributed by atoms with Gasteiger partial charge in [-0.3, -0.25) is 5.10 Å². The maximum absolute atomic E-state index is 12.0. The molecule has 2 aromatic carbocycles. The van der Waals surface area contributed by atoms with Crippen molar-refractivity contribution in [3.63, 3.8) is 0 Å². The Bertz CT molecular complexity index is 1310. The van der Waals surface area contributed by atoms with Crippen molar-refractivity contribution in [2.75, 3.05) is 0 Å². The summed E-state index contributed by atoms with van der Waals surface area (Å²) in [5.41, 5.74) is 1.18. The van der Waals surface area contributed by atoms with Crippen molar-refractivity contribution in [2.45, 2.75) is 10.9 Å². The summed E-state index contributed by atoms with van der Waals surface area (Å²) in [5.74, 6) is 1.34. The number of hydrogen-bond acceptors (Lipinski definition) is 6. The van der Waals surface area contributed by atoms with Crippen molar-refractivity contribution in [2.24, 2.45) is 0 Å². The molecule has 0 aliphatic carbocycles. The van der Waals surface area contributed by atoms with E-state index in [0.29, 0.717) is 16.5 Å². The Hall–Kier alpha value is -2.90. The maximum atomic E-state index is 12.0. The summed E-state index contributed by atoms with van der Waals surface area (Å²) >= 11 is 3.11. The molecule has 132 valence electrons. The Labute approximate surface area is 162 Å². The second-order valence-corrected chi connectivity index (χ2v) is 7.87. The number of H-pyrrole nitrogens is 1. The third kappa shape index (κ3) is 3.05. The van der Waals surface area contributed by atoms with Crippen LogP contribution in [0.15, 0.2) is 74.3 Å². The third-order valence-corrected chi connectivity index (χ3v) is 6.06. The molecule has 0 aliphatic heterocycles. The van der Waals surface area contributed by atoms with Crippen molar-refractivity contribution >= 4 is 44.8 Å². The maximum Gasteiger partial charge on any atom is 0.336 e. The van der Waals surface area contributed by atoms with Gasteiger partial charge in [-0.05, 0) is 33.8 Å². The lowest BCUT2D eigenvalue weighted by Gasteiger charge is -2.07. The molecular weight excluding hydrogens is 378 g/mol. The second kappa shape index (κ2) is 6.68. The zero-order valence-electron chi connectivity index (χ0n) is 14.0. The Balaban J connectivity index is 1.53. The lowest BCUT2D eigenvalue weighted by molar-refractivity contribution is 0.560. The van der Waals surface area contributed by atoms with Crippen LogP contribution < -0.4 is 5.63 Å². The molecule has 5 rings (SSSR count). The van der Waals surface area contributed by atoms with Gasteiger partial charge in [-0.1, -0.05) is 48.2 Å². The molecule has 5 nitrogen and oxygen atoms in total. The highest BCUT2D eigenvalue weighted by Gasteiger charge is 2.12. The molecule has 0 spiro atoms. The number of fused-ring (bicyclic) bond motifs is 3. The predicted molar refractivity (Wildman–Crippen MR) is 109 cm³/mol. The quantitative estimate of drug-likeness (QED) is 0.263. The zero-order valence-corrected chi connectivity index (χ0v) is 15.6. The summed E-state index contributed by atoms with van der Waals surface area (Å²) in [7, 11) is 0. The molecule has 1 N–H and O–H groups in total. The third-order valence-electron chi connectivity index (χ3n) is 4.29. The first-order valence-electron chi connectivity index (χ1n) is 8.31. The number of thioether (sulfide) groups is 1. The fourth-order valence-electron chi connectivity index (χ4n) is 3.11. The van der Waals surface area contributed by atoms with Gasteiger partial charge in [-0.25, -0.2) is 9.78 Å². The van der Waals surface area contributed by atoms with Crippen LogP contribution in [0.2, 0.25) is 0 Å². The van der Waals surface area contributed by atoms with Crippen LogP contribution in [0, 0.1) is 0 Å². The number of rotatable bonds is 4. The van der Waals surface area contributed by atoms with Gasteiger partial charge in [0.25, 0.3) is 0 Å². The van der Waals surface area contributed by atoms with Crippen LogP contribution in [0.25, 0.3) is 32.4 Å². The molecular formula is C20H13N3O2S2. The minimum Gasteiger partial charge on any atom is -0.423 e. The molecule has 5 aromatic rings. The number of thiophene rings is 1. The first kappa shape index (κ1) is 16.3. The van der Waals surface area contributed by atoms with E-state index in [-0.39, 0.29) is 5.63 Å². The van der Waals surface area contributed by atoms with Crippen molar-refractivity contribution in [3.05, 3.63) is 76.0 Å². The Morgan fingerprint density at radius 2 is 2.04 bits per heavy atom. The van der Waals surface area contributed by atoms with Crippen LogP contribution in [0.4, 0.5) is 0 Å². The van der Waals surface area contributed by atoms with E-state index >= 15 is 0 Å². The Morgan fingerprint density at radius 1 is 1.11 bits per heavy atom. The van der Waals surface area contributed by atoms with Crippen LogP contribution >= 0.6 is 23.1 Å². The molecule has 0 atom stereocenters. The molecule has 0 aliphatic rings. The van der Waals surface area contributed by atoms with Gasteiger partial charge in [0.05, 0.1) is 4.88 Å². The van der Waals surface area contributed by atoms with Crippen LogP contribution in [0.5, 0.6) is 0 Å². The van der Waals surface area contributed by atoms with E-state index in [4.69, 9.17) is 4.42 Å². The molecule has 27 heavy (non-hydrogen) atoms. The number of nitrogens with one attached hydrogen (secondary N) is 1. The summed E-state index contributed by atoms with van der Waals surface area (Å²) in [6.45, 7) is 0. The Morgan fingerprint density at radius 3 is 2.93 bits per heavy atom. The standard InChI is InChI=1S/C20H13N3O2S2/c24-17-10-13(11-27-20-21-19(22-23-20)16-6-3-9-26-16)18-14-5-2-1-4-12(14)7-8-15(18)25-17/h1-10H,11H2,(H,21,22,23). The normalized spacial score (nSPS) is 11.4. The topological polar surface area (TPSA) is 71.8 Å². The fraction of sp³-hybridized carbons (Fsp3) is 0.0500. The highest BCUT2D eigenvalue weighted by Crippen LogP contribution is 2.31. The molecule has 0 bridgehead atoms. The van der Waals surface area contributed by atoms with Gasteiger partial charge in [0.15, 0.2) is 5.82 Å².